The maximum absolute atomic E-state index is 12.2. The highest BCUT2D eigenvalue weighted by Crippen LogP contribution is 2.26. The molecule has 4 aromatic rings. The standard InChI is InChI=1S/C23H23N5O3S/c1-14-10-15(2)12-17(11-14)24-20(29)8-9-21-25-19(28-31-21)13-32-23-27-26-22(30-23)18-7-5-4-6-16(18)3/h4-7,10-12H,8-9,13H2,1-3H3,(H,24,29). The van der Waals surface area contributed by atoms with Crippen LogP contribution >= 0.6 is 11.8 Å². The van der Waals surface area contributed by atoms with E-state index in [2.05, 4.69) is 31.7 Å². The SMILES string of the molecule is Cc1cc(C)cc(NC(=O)CCc2nc(CSc3nnc(-c4ccccc4C)o3)no2)c1. The highest BCUT2D eigenvalue weighted by Gasteiger charge is 2.14. The predicted octanol–water partition coefficient (Wildman–Crippen LogP) is 4.91. The van der Waals surface area contributed by atoms with Crippen molar-refractivity contribution in [2.75, 3.05) is 5.32 Å². The van der Waals surface area contributed by atoms with Crippen LogP contribution in [0.1, 0.15) is 34.8 Å². The van der Waals surface area contributed by atoms with Crippen molar-refractivity contribution in [2.24, 2.45) is 0 Å². The number of nitrogens with one attached hydrogen (secondary N) is 1. The Kier molecular flexibility index (Phi) is 6.65. The monoisotopic (exact) mass is 449 g/mol. The summed E-state index contributed by atoms with van der Waals surface area (Å²) in [4.78, 5) is 16.6. The summed E-state index contributed by atoms with van der Waals surface area (Å²) in [6.45, 7) is 5.99. The maximum atomic E-state index is 12.2. The zero-order chi connectivity index (χ0) is 22.5. The zero-order valence-electron chi connectivity index (χ0n) is 18.1. The summed E-state index contributed by atoms with van der Waals surface area (Å²) in [6, 6.07) is 13.8. The van der Waals surface area contributed by atoms with E-state index in [1.807, 2.05) is 57.2 Å². The van der Waals surface area contributed by atoms with Gasteiger partial charge in [0.25, 0.3) is 5.22 Å². The Labute approximate surface area is 189 Å². The van der Waals surface area contributed by atoms with Crippen LogP contribution < -0.4 is 5.32 Å². The lowest BCUT2D eigenvalue weighted by atomic mass is 10.1. The predicted molar refractivity (Wildman–Crippen MR) is 121 cm³/mol. The van der Waals surface area contributed by atoms with Gasteiger partial charge in [-0.15, -0.1) is 10.2 Å². The minimum atomic E-state index is -0.0984. The van der Waals surface area contributed by atoms with Crippen molar-refractivity contribution in [2.45, 2.75) is 44.6 Å². The van der Waals surface area contributed by atoms with Gasteiger partial charge in [0.2, 0.25) is 17.7 Å². The van der Waals surface area contributed by atoms with Crippen LogP contribution in [0.5, 0.6) is 0 Å². The van der Waals surface area contributed by atoms with Gasteiger partial charge in [0, 0.05) is 24.1 Å². The zero-order valence-corrected chi connectivity index (χ0v) is 18.9. The van der Waals surface area contributed by atoms with Gasteiger partial charge < -0.3 is 14.3 Å². The molecule has 164 valence electrons. The molecule has 0 radical (unpaired) electrons. The smallest absolute Gasteiger partial charge is 0.277 e. The second kappa shape index (κ2) is 9.78. The molecule has 0 saturated carbocycles. The second-order valence-electron chi connectivity index (χ2n) is 7.51. The Morgan fingerprint density at radius 2 is 1.84 bits per heavy atom. The molecule has 0 aliphatic heterocycles. The van der Waals surface area contributed by atoms with Gasteiger partial charge in [0.1, 0.15) is 0 Å². The maximum Gasteiger partial charge on any atom is 0.277 e. The van der Waals surface area contributed by atoms with Crippen molar-refractivity contribution in [1.82, 2.24) is 20.3 Å². The van der Waals surface area contributed by atoms with Gasteiger partial charge in [0.05, 0.1) is 5.75 Å². The third kappa shape index (κ3) is 5.61. The van der Waals surface area contributed by atoms with Crippen LogP contribution in [-0.4, -0.2) is 26.2 Å². The van der Waals surface area contributed by atoms with E-state index in [0.29, 0.717) is 35.0 Å². The summed E-state index contributed by atoms with van der Waals surface area (Å²) in [5.74, 6) is 1.74. The molecule has 0 spiro atoms. The number of hydrogen-bond donors (Lipinski definition) is 1. The molecule has 2 heterocycles. The van der Waals surface area contributed by atoms with Crippen LogP contribution in [-0.2, 0) is 17.0 Å². The van der Waals surface area contributed by atoms with E-state index >= 15 is 0 Å². The van der Waals surface area contributed by atoms with Crippen LogP contribution in [0.25, 0.3) is 11.5 Å². The van der Waals surface area contributed by atoms with Gasteiger partial charge in [0.15, 0.2) is 5.82 Å². The van der Waals surface area contributed by atoms with Gasteiger partial charge in [-0.1, -0.05) is 41.2 Å². The largest absolute Gasteiger partial charge is 0.411 e. The first-order valence-corrected chi connectivity index (χ1v) is 11.2. The number of aromatic nitrogens is 4. The third-order valence-corrected chi connectivity index (χ3v) is 5.50. The van der Waals surface area contributed by atoms with E-state index in [1.54, 1.807) is 0 Å². The first kappa shape index (κ1) is 21.8. The van der Waals surface area contributed by atoms with Crippen molar-refractivity contribution >= 4 is 23.4 Å². The third-order valence-electron chi connectivity index (χ3n) is 4.69. The number of benzene rings is 2. The lowest BCUT2D eigenvalue weighted by Crippen LogP contribution is -2.12. The molecule has 0 aliphatic rings. The quantitative estimate of drug-likeness (QED) is 0.378. The molecule has 9 heteroatoms. The van der Waals surface area contributed by atoms with Crippen molar-refractivity contribution < 1.29 is 13.7 Å². The first-order valence-electron chi connectivity index (χ1n) is 10.2. The Balaban J connectivity index is 1.27. The molecule has 8 nitrogen and oxygen atoms in total. The number of rotatable bonds is 8. The lowest BCUT2D eigenvalue weighted by Gasteiger charge is -2.06. The molecular weight excluding hydrogens is 426 g/mol. The number of aryl methyl sites for hydroxylation is 4. The highest BCUT2D eigenvalue weighted by atomic mass is 32.2. The Bertz CT molecular complexity index is 1210. The van der Waals surface area contributed by atoms with E-state index in [4.69, 9.17) is 8.94 Å². The molecule has 2 aromatic carbocycles. The number of thioether (sulfide) groups is 1. The van der Waals surface area contributed by atoms with Crippen LogP contribution in [0.15, 0.2) is 56.6 Å². The van der Waals surface area contributed by atoms with Gasteiger partial charge in [-0.05, 0) is 55.7 Å². The highest BCUT2D eigenvalue weighted by molar-refractivity contribution is 7.98. The molecule has 32 heavy (non-hydrogen) atoms. The Hall–Kier alpha value is -3.46. The molecule has 1 N–H and O–H groups in total. The van der Waals surface area contributed by atoms with Crippen LogP contribution in [0.3, 0.4) is 0 Å². The first-order chi connectivity index (χ1) is 15.5. The molecule has 0 unspecified atom stereocenters. The van der Waals surface area contributed by atoms with E-state index in [1.165, 1.54) is 11.8 Å². The topological polar surface area (TPSA) is 107 Å². The van der Waals surface area contributed by atoms with Gasteiger partial charge >= 0.3 is 0 Å². The number of hydrogen-bond acceptors (Lipinski definition) is 8. The molecule has 0 aliphatic carbocycles. The van der Waals surface area contributed by atoms with Crippen molar-refractivity contribution in [1.29, 1.82) is 0 Å². The number of nitrogens with zero attached hydrogens (tertiary/aromatic N) is 4. The van der Waals surface area contributed by atoms with Gasteiger partial charge in [-0.2, -0.15) is 4.98 Å². The van der Waals surface area contributed by atoms with E-state index < -0.39 is 0 Å². The molecule has 0 atom stereocenters. The summed E-state index contributed by atoms with van der Waals surface area (Å²) < 4.78 is 11.0. The second-order valence-corrected chi connectivity index (χ2v) is 8.43. The molecule has 0 bridgehead atoms. The fraction of sp³-hybridized carbons (Fsp3) is 0.261. The summed E-state index contributed by atoms with van der Waals surface area (Å²) in [5, 5.41) is 15.5. The van der Waals surface area contributed by atoms with Crippen LogP contribution in [0.4, 0.5) is 5.69 Å². The summed E-state index contributed by atoms with van der Waals surface area (Å²) >= 11 is 1.33. The number of amides is 1. The minimum absolute atomic E-state index is 0.0984. The molecular formula is C23H23N5O3S. The van der Waals surface area contributed by atoms with Crippen LogP contribution in [0, 0.1) is 20.8 Å². The fourth-order valence-corrected chi connectivity index (χ4v) is 3.86. The average molecular weight is 450 g/mol. The summed E-state index contributed by atoms with van der Waals surface area (Å²) in [5.41, 5.74) is 4.97. The van der Waals surface area contributed by atoms with Crippen LogP contribution in [0.2, 0.25) is 0 Å². The van der Waals surface area contributed by atoms with Crippen molar-refractivity contribution in [3.8, 4) is 11.5 Å². The molecule has 1 amide bonds. The van der Waals surface area contributed by atoms with Gasteiger partial charge in [-0.25, -0.2) is 0 Å². The molecule has 4 rings (SSSR count). The number of anilines is 1. The van der Waals surface area contributed by atoms with E-state index in [0.717, 1.165) is 27.9 Å². The Morgan fingerprint density at radius 3 is 2.62 bits per heavy atom. The molecule has 2 aromatic heterocycles. The van der Waals surface area contributed by atoms with E-state index in [-0.39, 0.29) is 12.3 Å². The normalized spacial score (nSPS) is 11.0. The molecule has 0 fully saturated rings. The fourth-order valence-electron chi connectivity index (χ4n) is 3.26. The summed E-state index contributed by atoms with van der Waals surface area (Å²) in [7, 11) is 0. The average Bonchev–Trinajstić information content (AvgIpc) is 3.40. The number of carbonyl (C=O) groups is 1. The van der Waals surface area contributed by atoms with Crippen molar-refractivity contribution in [3.05, 3.63) is 70.9 Å². The Morgan fingerprint density at radius 1 is 1.06 bits per heavy atom. The lowest BCUT2D eigenvalue weighted by molar-refractivity contribution is -0.116. The minimum Gasteiger partial charge on any atom is -0.411 e. The summed E-state index contributed by atoms with van der Waals surface area (Å²) in [6.07, 6.45) is 0.623. The molecule has 0 saturated heterocycles. The van der Waals surface area contributed by atoms with Crippen molar-refractivity contribution in [3.63, 3.8) is 0 Å². The van der Waals surface area contributed by atoms with E-state index in [9.17, 15) is 4.79 Å². The van der Waals surface area contributed by atoms with Gasteiger partial charge in [-0.3, -0.25) is 4.79 Å². The number of carbonyl (C=O) groups excluding carboxylic acids is 1.